The molecule has 8 heteroatoms. The lowest BCUT2D eigenvalue weighted by Crippen LogP contribution is -2.28. The Labute approximate surface area is 156 Å². The molecule has 0 atom stereocenters. The second-order valence-corrected chi connectivity index (χ2v) is 5.97. The van der Waals surface area contributed by atoms with Crippen molar-refractivity contribution in [2.24, 2.45) is 0 Å². The van der Waals surface area contributed by atoms with Gasteiger partial charge in [-0.25, -0.2) is 0 Å². The first-order valence-corrected chi connectivity index (χ1v) is 8.60. The van der Waals surface area contributed by atoms with Gasteiger partial charge in [0.15, 0.2) is 0 Å². The van der Waals surface area contributed by atoms with Crippen LogP contribution in [0.15, 0.2) is 47.5 Å². The first-order valence-electron chi connectivity index (χ1n) is 8.60. The van der Waals surface area contributed by atoms with Gasteiger partial charge in [0.05, 0.1) is 30.0 Å². The van der Waals surface area contributed by atoms with Crippen molar-refractivity contribution in [3.63, 3.8) is 0 Å². The highest BCUT2D eigenvalue weighted by Gasteiger charge is 2.24. The molecule has 1 aromatic carbocycles. The van der Waals surface area contributed by atoms with Crippen molar-refractivity contribution < 1.29 is 14.3 Å². The van der Waals surface area contributed by atoms with Gasteiger partial charge in [-0.1, -0.05) is 18.2 Å². The van der Waals surface area contributed by atoms with Gasteiger partial charge in [0.1, 0.15) is 5.69 Å². The average molecular weight is 370 g/mol. The van der Waals surface area contributed by atoms with E-state index in [2.05, 4.69) is 10.4 Å². The zero-order valence-electron chi connectivity index (χ0n) is 15.3. The summed E-state index contributed by atoms with van der Waals surface area (Å²) < 4.78 is 13.2. The molecule has 2 aliphatic rings. The summed E-state index contributed by atoms with van der Waals surface area (Å²) in [6.07, 6.45) is 3.39. The maximum absolute atomic E-state index is 12.9. The minimum Gasteiger partial charge on any atom is -0.383 e. The number of nitrogens with zero attached hydrogens (tertiary/aromatic N) is 3. The summed E-state index contributed by atoms with van der Waals surface area (Å²) in [5, 5.41) is 7.20. The first kappa shape index (κ1) is 18.8. The fourth-order valence-electron chi connectivity index (χ4n) is 2.76. The Balaban J connectivity index is 2.08. The molecule has 142 valence electrons. The van der Waals surface area contributed by atoms with Gasteiger partial charge in [-0.2, -0.15) is 9.78 Å². The van der Waals surface area contributed by atoms with E-state index >= 15 is 0 Å². The molecule has 2 aliphatic heterocycles. The summed E-state index contributed by atoms with van der Waals surface area (Å²) in [7, 11) is 3.17. The standard InChI is InChI=1S/C19H22N4O4/c1-26-10-8-20-18(24)15-12-22(9-11-27-2)13-16-17(15)21-23(19(16)25)14-6-4-3-5-7-14/h3-7,12-13H,8-11H2,1-2H3,(H,20,24). The SMILES string of the molecule is COCCNC(=O)c1cn(CCOC)cc2c(=O)n(-c3ccccc3)nc1-2. The maximum Gasteiger partial charge on any atom is 0.282 e. The van der Waals surface area contributed by atoms with E-state index in [9.17, 15) is 9.59 Å². The van der Waals surface area contributed by atoms with Crippen LogP contribution in [-0.4, -0.2) is 54.2 Å². The van der Waals surface area contributed by atoms with Crippen LogP contribution in [0, 0.1) is 0 Å². The highest BCUT2D eigenvalue weighted by atomic mass is 16.5. The molecule has 3 rings (SSSR count). The normalized spacial score (nSPS) is 11.0. The number of carbonyl (C=O) groups excluding carboxylic acids is 1. The summed E-state index contributed by atoms with van der Waals surface area (Å²) in [4.78, 5) is 25.5. The van der Waals surface area contributed by atoms with Gasteiger partial charge < -0.3 is 19.4 Å². The number of para-hydroxylation sites is 1. The lowest BCUT2D eigenvalue weighted by atomic mass is 10.1. The Kier molecular flexibility index (Phi) is 6.00. The molecule has 0 aliphatic carbocycles. The van der Waals surface area contributed by atoms with Gasteiger partial charge in [-0.15, -0.1) is 0 Å². The number of hydrogen-bond acceptors (Lipinski definition) is 5. The van der Waals surface area contributed by atoms with Crippen molar-refractivity contribution in [3.8, 4) is 16.9 Å². The van der Waals surface area contributed by atoms with Crippen molar-refractivity contribution in [3.05, 3.63) is 58.6 Å². The van der Waals surface area contributed by atoms with Crippen LogP contribution < -0.4 is 10.9 Å². The quantitative estimate of drug-likeness (QED) is 0.601. The van der Waals surface area contributed by atoms with Crippen molar-refractivity contribution in [1.82, 2.24) is 19.7 Å². The molecule has 0 bridgehead atoms. The lowest BCUT2D eigenvalue weighted by Gasteiger charge is -2.12. The molecule has 0 spiro atoms. The molecule has 2 heterocycles. The van der Waals surface area contributed by atoms with E-state index < -0.39 is 0 Å². The largest absolute Gasteiger partial charge is 0.383 e. The minimum atomic E-state index is -0.304. The Morgan fingerprint density at radius 2 is 1.85 bits per heavy atom. The summed E-state index contributed by atoms with van der Waals surface area (Å²) in [5.41, 5.74) is 1.47. The fourth-order valence-corrected chi connectivity index (χ4v) is 2.76. The van der Waals surface area contributed by atoms with E-state index in [1.54, 1.807) is 43.3 Å². The van der Waals surface area contributed by atoms with E-state index in [1.807, 2.05) is 18.2 Å². The topological polar surface area (TPSA) is 87.4 Å². The Hall–Kier alpha value is -2.97. The first-order chi connectivity index (χ1) is 13.2. The van der Waals surface area contributed by atoms with Gasteiger partial charge in [0.25, 0.3) is 11.5 Å². The summed E-state index contributed by atoms with van der Waals surface area (Å²) >= 11 is 0. The number of nitrogens with one attached hydrogen (secondary N) is 1. The number of methoxy groups -OCH3 is 2. The second kappa shape index (κ2) is 8.61. The molecule has 0 saturated heterocycles. The second-order valence-electron chi connectivity index (χ2n) is 5.97. The van der Waals surface area contributed by atoms with Crippen molar-refractivity contribution in [2.75, 3.05) is 34.0 Å². The van der Waals surface area contributed by atoms with Crippen LogP contribution in [0.1, 0.15) is 10.4 Å². The number of fused-ring (bicyclic) bond motifs is 1. The Morgan fingerprint density at radius 3 is 2.56 bits per heavy atom. The van der Waals surface area contributed by atoms with Crippen LogP contribution >= 0.6 is 0 Å². The molecule has 0 saturated carbocycles. The van der Waals surface area contributed by atoms with E-state index in [0.717, 1.165) is 0 Å². The van der Waals surface area contributed by atoms with Gasteiger partial charge in [0.2, 0.25) is 0 Å². The maximum atomic E-state index is 12.9. The van der Waals surface area contributed by atoms with E-state index in [-0.39, 0.29) is 11.5 Å². The number of benzene rings is 1. The molecule has 1 N–H and O–H groups in total. The molecule has 8 nitrogen and oxygen atoms in total. The molecule has 0 radical (unpaired) electrons. The van der Waals surface area contributed by atoms with Crippen LogP contribution in [0.2, 0.25) is 0 Å². The van der Waals surface area contributed by atoms with Crippen LogP contribution in [0.25, 0.3) is 16.9 Å². The Bertz CT molecular complexity index is 933. The van der Waals surface area contributed by atoms with Crippen molar-refractivity contribution in [1.29, 1.82) is 0 Å². The van der Waals surface area contributed by atoms with Crippen molar-refractivity contribution in [2.45, 2.75) is 6.54 Å². The molecular formula is C19H22N4O4. The van der Waals surface area contributed by atoms with Crippen molar-refractivity contribution >= 4 is 5.91 Å². The third-order valence-electron chi connectivity index (χ3n) is 4.11. The number of ether oxygens (including phenoxy) is 2. The van der Waals surface area contributed by atoms with Gasteiger partial charge in [-0.05, 0) is 12.1 Å². The molecule has 0 unspecified atom stereocenters. The third-order valence-corrected chi connectivity index (χ3v) is 4.11. The Morgan fingerprint density at radius 1 is 1.11 bits per heavy atom. The van der Waals surface area contributed by atoms with Crippen LogP contribution in [0.4, 0.5) is 0 Å². The number of hydrogen-bond donors (Lipinski definition) is 1. The zero-order valence-corrected chi connectivity index (χ0v) is 15.3. The van der Waals surface area contributed by atoms with E-state index in [1.165, 1.54) is 4.68 Å². The monoisotopic (exact) mass is 370 g/mol. The molecular weight excluding hydrogens is 348 g/mol. The number of amides is 1. The predicted molar refractivity (Wildman–Crippen MR) is 101 cm³/mol. The fraction of sp³-hybridized carbons (Fsp3) is 0.316. The summed E-state index contributed by atoms with van der Waals surface area (Å²) in [5.74, 6) is -0.304. The molecule has 1 aromatic rings. The van der Waals surface area contributed by atoms with Crippen LogP contribution in [0.3, 0.4) is 0 Å². The van der Waals surface area contributed by atoms with Crippen LogP contribution in [-0.2, 0) is 16.0 Å². The van der Waals surface area contributed by atoms with Gasteiger partial charge >= 0.3 is 0 Å². The average Bonchev–Trinajstić information content (AvgIpc) is 3.03. The summed E-state index contributed by atoms with van der Waals surface area (Å²) in [6, 6.07) is 9.12. The summed E-state index contributed by atoms with van der Waals surface area (Å²) in [6.45, 7) is 1.74. The van der Waals surface area contributed by atoms with Gasteiger partial charge in [-0.3, -0.25) is 9.59 Å². The highest BCUT2D eigenvalue weighted by molar-refractivity contribution is 5.99. The molecule has 27 heavy (non-hydrogen) atoms. The number of rotatable bonds is 8. The third kappa shape index (κ3) is 4.07. The molecule has 1 amide bonds. The molecule has 0 fully saturated rings. The predicted octanol–water partition coefficient (Wildman–Crippen LogP) is 1.16. The number of pyridine rings is 1. The zero-order chi connectivity index (χ0) is 19.2. The van der Waals surface area contributed by atoms with E-state index in [4.69, 9.17) is 9.47 Å². The highest BCUT2D eigenvalue weighted by Crippen LogP contribution is 2.22. The number of carbonyl (C=O) groups is 1. The minimum absolute atomic E-state index is 0.270. The van der Waals surface area contributed by atoms with Gasteiger partial charge in [0, 0.05) is 39.7 Å². The van der Waals surface area contributed by atoms with Crippen LogP contribution in [0.5, 0.6) is 0 Å². The lowest BCUT2D eigenvalue weighted by molar-refractivity contribution is 0.0936. The number of aromatic nitrogens is 3. The molecule has 0 aromatic heterocycles. The van der Waals surface area contributed by atoms with E-state index in [0.29, 0.717) is 48.8 Å². The smallest absolute Gasteiger partial charge is 0.282 e.